The molecule has 0 bridgehead atoms. The number of aliphatic hydroxyl groups is 1. The molecule has 4 nitrogen and oxygen atoms in total. The normalized spacial score (nSPS) is 22.2. The van der Waals surface area contributed by atoms with Gasteiger partial charge in [-0.2, -0.15) is 0 Å². The van der Waals surface area contributed by atoms with Gasteiger partial charge >= 0.3 is 0 Å². The molecule has 1 atom stereocenters. The van der Waals surface area contributed by atoms with E-state index in [0.717, 1.165) is 26.1 Å². The average Bonchev–Trinajstić information content (AvgIpc) is 2.32. The van der Waals surface area contributed by atoms with Crippen molar-refractivity contribution in [1.82, 2.24) is 9.88 Å². The van der Waals surface area contributed by atoms with Crippen LogP contribution in [0.2, 0.25) is 0 Å². The lowest BCUT2D eigenvalue weighted by Crippen LogP contribution is -2.36. The van der Waals surface area contributed by atoms with E-state index in [9.17, 15) is 0 Å². The molecule has 1 saturated heterocycles. The van der Waals surface area contributed by atoms with E-state index in [1.165, 1.54) is 12.0 Å². The van der Waals surface area contributed by atoms with Crippen LogP contribution in [-0.2, 0) is 6.54 Å². The zero-order chi connectivity index (χ0) is 11.4. The maximum Gasteiger partial charge on any atom is 0.123 e. The third-order valence-electron chi connectivity index (χ3n) is 3.12. The molecule has 0 saturated carbocycles. The molecule has 1 aliphatic rings. The molecule has 1 aromatic heterocycles. The Kier molecular flexibility index (Phi) is 3.74. The lowest BCUT2D eigenvalue weighted by Gasteiger charge is -2.31. The first-order valence-corrected chi connectivity index (χ1v) is 5.81. The summed E-state index contributed by atoms with van der Waals surface area (Å²) in [4.78, 5) is 6.46. The molecule has 0 spiro atoms. The van der Waals surface area contributed by atoms with Crippen molar-refractivity contribution in [3.8, 4) is 0 Å². The molecule has 0 radical (unpaired) electrons. The smallest absolute Gasteiger partial charge is 0.123 e. The Balaban J connectivity index is 1.91. The first-order valence-electron chi connectivity index (χ1n) is 5.81. The summed E-state index contributed by atoms with van der Waals surface area (Å²) in [5, 5.41) is 9.16. The maximum atomic E-state index is 9.16. The second-order valence-electron chi connectivity index (χ2n) is 4.52. The number of nitrogens with zero attached hydrogens (tertiary/aromatic N) is 2. The first kappa shape index (κ1) is 11.4. The molecule has 16 heavy (non-hydrogen) atoms. The zero-order valence-electron chi connectivity index (χ0n) is 9.47. The van der Waals surface area contributed by atoms with Crippen LogP contribution < -0.4 is 5.73 Å². The fourth-order valence-electron chi connectivity index (χ4n) is 2.23. The van der Waals surface area contributed by atoms with Crippen LogP contribution in [0.1, 0.15) is 18.4 Å². The van der Waals surface area contributed by atoms with E-state index in [4.69, 9.17) is 10.8 Å². The van der Waals surface area contributed by atoms with Crippen LogP contribution in [0.25, 0.3) is 0 Å². The number of hydrogen-bond donors (Lipinski definition) is 2. The molecule has 3 N–H and O–H groups in total. The minimum Gasteiger partial charge on any atom is -0.396 e. The molecule has 88 valence electrons. The Morgan fingerprint density at radius 1 is 1.50 bits per heavy atom. The van der Waals surface area contributed by atoms with E-state index in [1.807, 2.05) is 18.3 Å². The number of nitrogens with two attached hydrogens (primary N) is 1. The van der Waals surface area contributed by atoms with Crippen molar-refractivity contribution in [3.05, 3.63) is 23.9 Å². The standard InChI is InChI=1S/C12H19N3O/c13-12-4-3-10(6-14-12)7-15-5-1-2-11(8-15)9-16/h3-4,6,11,16H,1-2,5,7-9H2,(H2,13,14). The van der Waals surface area contributed by atoms with Crippen molar-refractivity contribution < 1.29 is 5.11 Å². The highest BCUT2D eigenvalue weighted by atomic mass is 16.3. The average molecular weight is 221 g/mol. The van der Waals surface area contributed by atoms with Crippen LogP contribution in [0.15, 0.2) is 18.3 Å². The minimum absolute atomic E-state index is 0.302. The largest absolute Gasteiger partial charge is 0.396 e. The summed E-state index contributed by atoms with van der Waals surface area (Å²) in [5.41, 5.74) is 6.73. The van der Waals surface area contributed by atoms with Gasteiger partial charge in [0.25, 0.3) is 0 Å². The SMILES string of the molecule is Nc1ccc(CN2CCCC(CO)C2)cn1. The summed E-state index contributed by atoms with van der Waals surface area (Å²) in [5.74, 6) is 1.01. The molecule has 0 aliphatic carbocycles. The van der Waals surface area contributed by atoms with Gasteiger partial charge in [-0.25, -0.2) is 4.98 Å². The molecule has 1 aliphatic heterocycles. The number of aliphatic hydroxyl groups excluding tert-OH is 1. The van der Waals surface area contributed by atoms with Gasteiger partial charge in [0.15, 0.2) is 0 Å². The van der Waals surface area contributed by atoms with Gasteiger partial charge in [0.1, 0.15) is 5.82 Å². The van der Waals surface area contributed by atoms with E-state index in [-0.39, 0.29) is 0 Å². The van der Waals surface area contributed by atoms with Gasteiger partial charge in [0.05, 0.1) is 0 Å². The molecule has 4 heteroatoms. The number of hydrogen-bond acceptors (Lipinski definition) is 4. The summed E-state index contributed by atoms with van der Waals surface area (Å²) < 4.78 is 0. The molecule has 0 amide bonds. The van der Waals surface area contributed by atoms with Crippen molar-refractivity contribution in [2.24, 2.45) is 5.92 Å². The lowest BCUT2D eigenvalue weighted by molar-refractivity contribution is 0.116. The van der Waals surface area contributed by atoms with E-state index >= 15 is 0 Å². The second kappa shape index (κ2) is 5.27. The highest BCUT2D eigenvalue weighted by Gasteiger charge is 2.18. The fourth-order valence-corrected chi connectivity index (χ4v) is 2.23. The molecule has 2 heterocycles. The number of piperidine rings is 1. The number of pyridine rings is 1. The van der Waals surface area contributed by atoms with E-state index in [2.05, 4.69) is 9.88 Å². The topological polar surface area (TPSA) is 62.4 Å². The molecule has 1 aromatic rings. The van der Waals surface area contributed by atoms with Gasteiger partial charge in [-0.1, -0.05) is 6.07 Å². The summed E-state index contributed by atoms with van der Waals surface area (Å²) in [7, 11) is 0. The van der Waals surface area contributed by atoms with Crippen LogP contribution in [0.4, 0.5) is 5.82 Å². The number of nitrogen functional groups attached to an aromatic ring is 1. The quantitative estimate of drug-likeness (QED) is 0.795. The van der Waals surface area contributed by atoms with Crippen LogP contribution in [0.5, 0.6) is 0 Å². The minimum atomic E-state index is 0.302. The van der Waals surface area contributed by atoms with Gasteiger partial charge in [-0.15, -0.1) is 0 Å². The van der Waals surface area contributed by atoms with E-state index in [0.29, 0.717) is 18.3 Å². The van der Waals surface area contributed by atoms with Crippen LogP contribution in [-0.4, -0.2) is 34.7 Å². The molecular formula is C12H19N3O. The monoisotopic (exact) mass is 221 g/mol. The third kappa shape index (κ3) is 2.93. The van der Waals surface area contributed by atoms with Crippen molar-refractivity contribution >= 4 is 5.82 Å². The Morgan fingerprint density at radius 3 is 3.06 bits per heavy atom. The molecule has 0 aromatic carbocycles. The molecule has 1 unspecified atom stereocenters. The number of anilines is 1. The number of likely N-dealkylation sites (tertiary alicyclic amines) is 1. The Labute approximate surface area is 96.1 Å². The van der Waals surface area contributed by atoms with Crippen molar-refractivity contribution in [3.63, 3.8) is 0 Å². The highest BCUT2D eigenvalue weighted by molar-refractivity contribution is 5.29. The van der Waals surface area contributed by atoms with Crippen LogP contribution in [0.3, 0.4) is 0 Å². The summed E-state index contributed by atoms with van der Waals surface area (Å²) in [6.45, 7) is 3.31. The highest BCUT2D eigenvalue weighted by Crippen LogP contribution is 2.17. The van der Waals surface area contributed by atoms with Gasteiger partial charge in [-0.3, -0.25) is 4.90 Å². The van der Waals surface area contributed by atoms with Gasteiger partial charge < -0.3 is 10.8 Å². The summed E-state index contributed by atoms with van der Waals surface area (Å²) >= 11 is 0. The molecule has 2 rings (SSSR count). The Bertz CT molecular complexity index is 326. The Morgan fingerprint density at radius 2 is 2.38 bits per heavy atom. The van der Waals surface area contributed by atoms with Crippen molar-refractivity contribution in [2.75, 3.05) is 25.4 Å². The van der Waals surface area contributed by atoms with Crippen LogP contribution in [0, 0.1) is 5.92 Å². The Hall–Kier alpha value is -1.13. The van der Waals surface area contributed by atoms with E-state index < -0.39 is 0 Å². The zero-order valence-corrected chi connectivity index (χ0v) is 9.47. The van der Waals surface area contributed by atoms with Gasteiger partial charge in [0.2, 0.25) is 0 Å². The van der Waals surface area contributed by atoms with Crippen molar-refractivity contribution in [1.29, 1.82) is 0 Å². The fraction of sp³-hybridized carbons (Fsp3) is 0.583. The number of rotatable bonds is 3. The molecular weight excluding hydrogens is 202 g/mol. The lowest BCUT2D eigenvalue weighted by atomic mass is 9.99. The van der Waals surface area contributed by atoms with Crippen LogP contribution >= 0.6 is 0 Å². The summed E-state index contributed by atoms with van der Waals surface area (Å²) in [6.07, 6.45) is 4.15. The van der Waals surface area contributed by atoms with Gasteiger partial charge in [-0.05, 0) is 36.9 Å². The predicted molar refractivity (Wildman–Crippen MR) is 63.7 cm³/mol. The first-order chi connectivity index (χ1) is 7.78. The molecule has 1 fully saturated rings. The second-order valence-corrected chi connectivity index (χ2v) is 4.52. The number of aromatic nitrogens is 1. The van der Waals surface area contributed by atoms with E-state index in [1.54, 1.807) is 0 Å². The van der Waals surface area contributed by atoms with Crippen molar-refractivity contribution in [2.45, 2.75) is 19.4 Å². The predicted octanol–water partition coefficient (Wildman–Crippen LogP) is 0.868. The van der Waals surface area contributed by atoms with Gasteiger partial charge in [0, 0.05) is 25.9 Å². The summed E-state index contributed by atoms with van der Waals surface area (Å²) in [6, 6.07) is 3.85. The third-order valence-corrected chi connectivity index (χ3v) is 3.12. The maximum absolute atomic E-state index is 9.16.